The van der Waals surface area contributed by atoms with Crippen molar-refractivity contribution < 1.29 is 33.3 Å². The molecule has 0 aliphatic carbocycles. The van der Waals surface area contributed by atoms with E-state index in [1.54, 1.807) is 26.0 Å². The normalized spacial score (nSPS) is 12.6. The van der Waals surface area contributed by atoms with Crippen LogP contribution in [0.25, 0.3) is 0 Å². The van der Waals surface area contributed by atoms with Gasteiger partial charge in [-0.25, -0.2) is 4.39 Å². The number of aromatic hydroxyl groups is 1. The van der Waals surface area contributed by atoms with Crippen molar-refractivity contribution in [1.82, 2.24) is 4.90 Å². The van der Waals surface area contributed by atoms with Gasteiger partial charge in [0.25, 0.3) is 0 Å². The van der Waals surface area contributed by atoms with Gasteiger partial charge in [0.2, 0.25) is 5.91 Å². The zero-order chi connectivity index (χ0) is 28.2. The number of carbonyl (C=O) groups excluding carboxylic acids is 2. The van der Waals surface area contributed by atoms with Crippen LogP contribution in [0.4, 0.5) is 4.39 Å². The quantitative estimate of drug-likeness (QED) is 0.231. The van der Waals surface area contributed by atoms with Gasteiger partial charge in [-0.1, -0.05) is 20.8 Å². The van der Waals surface area contributed by atoms with Crippen LogP contribution < -0.4 is 19.9 Å². The molecule has 1 aliphatic rings. The van der Waals surface area contributed by atoms with Gasteiger partial charge in [0, 0.05) is 24.1 Å². The van der Waals surface area contributed by atoms with Crippen molar-refractivity contribution in [3.63, 3.8) is 0 Å². The molecule has 0 bridgehead atoms. The highest BCUT2D eigenvalue weighted by molar-refractivity contribution is 8.93. The highest BCUT2D eigenvalue weighted by Gasteiger charge is 2.33. The number of hydrogen-bond acceptors (Lipinski definition) is 7. The molecule has 3 rings (SSSR count). The average molecular weight is 611 g/mol. The highest BCUT2D eigenvalue weighted by atomic mass is 79.9. The van der Waals surface area contributed by atoms with Crippen LogP contribution in [0.3, 0.4) is 0 Å². The van der Waals surface area contributed by atoms with E-state index in [0.717, 1.165) is 0 Å². The number of phenolic OH excluding ortho intramolecular Hbond substituents is 1. The van der Waals surface area contributed by atoms with E-state index < -0.39 is 17.1 Å². The van der Waals surface area contributed by atoms with Crippen molar-refractivity contribution in [2.24, 2.45) is 5.73 Å². The van der Waals surface area contributed by atoms with Crippen LogP contribution in [-0.2, 0) is 16.8 Å². The van der Waals surface area contributed by atoms with Gasteiger partial charge in [-0.2, -0.15) is 0 Å². The lowest BCUT2D eigenvalue weighted by atomic mass is 9.84. The third-order valence-corrected chi connectivity index (χ3v) is 6.14. The van der Waals surface area contributed by atoms with E-state index in [4.69, 9.17) is 25.4 Å². The number of ether oxygens (including phenoxy) is 3. The lowest BCUT2D eigenvalue weighted by molar-refractivity contribution is -0.118. The minimum Gasteiger partial charge on any atom is -0.504 e. The number of amidine groups is 1. The number of fused-ring (bicyclic) bond motifs is 1. The fourth-order valence-electron chi connectivity index (χ4n) is 4.30. The molecule has 0 unspecified atom stereocenters. The number of halogens is 2. The molecule has 0 saturated heterocycles. The number of ketones is 1. The predicted molar refractivity (Wildman–Crippen MR) is 151 cm³/mol. The maximum absolute atomic E-state index is 15.4. The number of nitrogens with zero attached hydrogens (tertiary/aromatic N) is 1. The minimum absolute atomic E-state index is 0. The maximum Gasteiger partial charge on any atom is 0.217 e. The Morgan fingerprint density at radius 3 is 2.36 bits per heavy atom. The molecule has 0 radical (unpaired) electrons. The summed E-state index contributed by atoms with van der Waals surface area (Å²) in [6.45, 7) is 9.87. The SMILES string of the molecule is Br.CCOc1cc2c(c(F)c1OCC)C(=N)N(CC(=O)c1cc(OCCCC(N)=O)c(O)c(C(C)(C)C)c1)C2. The van der Waals surface area contributed by atoms with Crippen LogP contribution in [0, 0.1) is 11.2 Å². The van der Waals surface area contributed by atoms with Crippen LogP contribution in [0.5, 0.6) is 23.0 Å². The first-order valence-corrected chi connectivity index (χ1v) is 12.7. The first-order valence-electron chi connectivity index (χ1n) is 12.7. The summed E-state index contributed by atoms with van der Waals surface area (Å²) >= 11 is 0. The van der Waals surface area contributed by atoms with Crippen molar-refractivity contribution >= 4 is 34.5 Å². The van der Waals surface area contributed by atoms with Crippen LogP contribution >= 0.6 is 17.0 Å². The predicted octanol–water partition coefficient (Wildman–Crippen LogP) is 4.87. The Hall–Kier alpha value is -3.34. The summed E-state index contributed by atoms with van der Waals surface area (Å²) in [5.41, 5.74) is 6.09. The molecule has 0 spiro atoms. The van der Waals surface area contributed by atoms with Crippen molar-refractivity contribution in [2.45, 2.75) is 59.4 Å². The van der Waals surface area contributed by atoms with Crippen molar-refractivity contribution in [3.8, 4) is 23.0 Å². The Morgan fingerprint density at radius 2 is 1.77 bits per heavy atom. The molecular formula is C28H37BrFN3O6. The Balaban J connectivity index is 0.00000533. The lowest BCUT2D eigenvalue weighted by Crippen LogP contribution is -2.30. The van der Waals surface area contributed by atoms with Crippen LogP contribution in [-0.4, -0.2) is 53.9 Å². The summed E-state index contributed by atoms with van der Waals surface area (Å²) < 4.78 is 32.1. The zero-order valence-corrected chi connectivity index (χ0v) is 24.7. The van der Waals surface area contributed by atoms with E-state index in [0.29, 0.717) is 24.2 Å². The molecule has 2 aromatic rings. The molecule has 9 nitrogen and oxygen atoms in total. The Labute approximate surface area is 238 Å². The number of primary amides is 1. The second kappa shape index (κ2) is 13.1. The van der Waals surface area contributed by atoms with E-state index in [1.807, 2.05) is 20.8 Å². The van der Waals surface area contributed by atoms with E-state index in [1.165, 1.54) is 11.0 Å². The monoisotopic (exact) mass is 609 g/mol. The zero-order valence-electron chi connectivity index (χ0n) is 23.0. The summed E-state index contributed by atoms with van der Waals surface area (Å²) in [6.07, 6.45) is 0.496. The van der Waals surface area contributed by atoms with Gasteiger partial charge in [0.1, 0.15) is 5.84 Å². The number of phenols is 1. The van der Waals surface area contributed by atoms with Gasteiger partial charge in [-0.3, -0.25) is 15.0 Å². The second-order valence-electron chi connectivity index (χ2n) is 10.1. The summed E-state index contributed by atoms with van der Waals surface area (Å²) in [7, 11) is 0. The topological polar surface area (TPSA) is 135 Å². The summed E-state index contributed by atoms with van der Waals surface area (Å²) in [5.74, 6) is -1.32. The fourth-order valence-corrected chi connectivity index (χ4v) is 4.30. The van der Waals surface area contributed by atoms with Gasteiger partial charge in [-0.15, -0.1) is 17.0 Å². The van der Waals surface area contributed by atoms with Gasteiger partial charge >= 0.3 is 0 Å². The average Bonchev–Trinajstić information content (AvgIpc) is 3.14. The van der Waals surface area contributed by atoms with Crippen LogP contribution in [0.2, 0.25) is 0 Å². The highest BCUT2D eigenvalue weighted by Crippen LogP contribution is 2.41. The Morgan fingerprint density at radius 1 is 1.10 bits per heavy atom. The molecule has 39 heavy (non-hydrogen) atoms. The molecule has 1 aliphatic heterocycles. The molecular weight excluding hydrogens is 573 g/mol. The van der Waals surface area contributed by atoms with Gasteiger partial charge in [0.15, 0.2) is 34.6 Å². The van der Waals surface area contributed by atoms with E-state index in [2.05, 4.69) is 0 Å². The molecule has 1 heterocycles. The molecule has 2 aromatic carbocycles. The fraction of sp³-hybridized carbons (Fsp3) is 0.464. The number of benzene rings is 2. The third kappa shape index (κ3) is 7.20. The first-order chi connectivity index (χ1) is 17.9. The minimum atomic E-state index is -0.681. The summed E-state index contributed by atoms with van der Waals surface area (Å²) in [6, 6.07) is 4.72. The van der Waals surface area contributed by atoms with Gasteiger partial charge < -0.3 is 30.0 Å². The smallest absolute Gasteiger partial charge is 0.217 e. The molecule has 11 heteroatoms. The number of nitrogens with one attached hydrogen (secondary N) is 1. The second-order valence-corrected chi connectivity index (χ2v) is 10.1. The van der Waals surface area contributed by atoms with Crippen LogP contribution in [0.1, 0.15) is 74.5 Å². The maximum atomic E-state index is 15.4. The molecule has 4 N–H and O–H groups in total. The van der Waals surface area contributed by atoms with E-state index in [-0.39, 0.29) is 95.4 Å². The first kappa shape index (κ1) is 31.9. The van der Waals surface area contributed by atoms with Crippen molar-refractivity contribution in [2.75, 3.05) is 26.4 Å². The number of Topliss-reactive ketones (excluding diaryl/α,β-unsaturated/α-hetero) is 1. The molecule has 1 amide bonds. The van der Waals surface area contributed by atoms with Gasteiger partial charge in [-0.05, 0) is 49.4 Å². The lowest BCUT2D eigenvalue weighted by Gasteiger charge is -2.24. The number of rotatable bonds is 12. The number of nitrogens with two attached hydrogens (primary N) is 1. The Bertz CT molecular complexity index is 1250. The number of amides is 1. The molecule has 0 aromatic heterocycles. The third-order valence-electron chi connectivity index (χ3n) is 6.14. The standard InChI is InChI=1S/C28H36FN3O6.BrH/c1-6-36-21-13-17-14-32(27(31)23(17)24(29)26(21)37-7-2)15-19(33)16-11-18(28(3,4)5)25(35)20(12-16)38-10-8-9-22(30)34;/h11-13,31,35H,6-10,14-15H2,1-5H3,(H2,30,34);1H. The summed E-state index contributed by atoms with van der Waals surface area (Å²) in [4.78, 5) is 25.9. The molecule has 214 valence electrons. The summed E-state index contributed by atoms with van der Waals surface area (Å²) in [5, 5.41) is 19.4. The molecule has 0 fully saturated rings. The molecule has 0 saturated carbocycles. The Kier molecular flexibility index (Phi) is 10.7. The van der Waals surface area contributed by atoms with Gasteiger partial charge in [0.05, 0.1) is 31.9 Å². The van der Waals surface area contributed by atoms with E-state index in [9.17, 15) is 14.7 Å². The number of hydrogen-bond donors (Lipinski definition) is 3. The largest absolute Gasteiger partial charge is 0.504 e. The van der Waals surface area contributed by atoms with Crippen molar-refractivity contribution in [1.29, 1.82) is 5.41 Å². The van der Waals surface area contributed by atoms with E-state index >= 15 is 4.39 Å². The molecule has 0 atom stereocenters. The van der Waals surface area contributed by atoms with Crippen LogP contribution in [0.15, 0.2) is 18.2 Å². The number of carbonyl (C=O) groups is 2. The van der Waals surface area contributed by atoms with Crippen molar-refractivity contribution in [3.05, 3.63) is 46.3 Å².